The molecule has 0 fully saturated rings. The number of ether oxygens (including phenoxy) is 1. The summed E-state index contributed by atoms with van der Waals surface area (Å²) in [4.78, 5) is 14.3. The molecule has 0 atom stereocenters. The number of carbonyl (C=O) groups excluding carboxylic acids is 1. The first-order valence-electron chi connectivity index (χ1n) is 11.9. The lowest BCUT2D eigenvalue weighted by molar-refractivity contribution is -0.112. The minimum atomic E-state index is -0.574. The van der Waals surface area contributed by atoms with Crippen molar-refractivity contribution in [3.8, 4) is 17.9 Å². The number of nitrogens with one attached hydrogen (secondary N) is 1. The van der Waals surface area contributed by atoms with Gasteiger partial charge in [0.2, 0.25) is 0 Å². The molecule has 4 aromatic rings. The van der Waals surface area contributed by atoms with Crippen LogP contribution in [0.4, 0.5) is 9.39 Å². The van der Waals surface area contributed by atoms with E-state index in [1.54, 1.807) is 18.2 Å². The lowest BCUT2D eigenvalue weighted by Crippen LogP contribution is -2.13. The second-order valence-corrected chi connectivity index (χ2v) is 9.87. The van der Waals surface area contributed by atoms with Crippen molar-refractivity contribution in [1.29, 1.82) is 10.5 Å². The van der Waals surface area contributed by atoms with Crippen LogP contribution in [0.2, 0.25) is 0 Å². The molecule has 5 nitrogen and oxygen atoms in total. The zero-order valence-corrected chi connectivity index (χ0v) is 20.7. The summed E-state index contributed by atoms with van der Waals surface area (Å²) in [6, 6.07) is 21.6. The van der Waals surface area contributed by atoms with Gasteiger partial charge in [0.05, 0.1) is 5.56 Å². The van der Waals surface area contributed by atoms with Crippen LogP contribution >= 0.6 is 11.3 Å². The van der Waals surface area contributed by atoms with Crippen LogP contribution in [0.3, 0.4) is 0 Å². The van der Waals surface area contributed by atoms with E-state index in [9.17, 15) is 19.7 Å². The molecule has 7 heteroatoms. The predicted octanol–water partition coefficient (Wildman–Crippen LogP) is 6.92. The summed E-state index contributed by atoms with van der Waals surface area (Å²) in [5.41, 5.74) is 2.80. The van der Waals surface area contributed by atoms with E-state index in [4.69, 9.17) is 4.74 Å². The van der Waals surface area contributed by atoms with Gasteiger partial charge in [-0.3, -0.25) is 4.79 Å². The van der Waals surface area contributed by atoms with Crippen LogP contribution in [0.1, 0.15) is 40.0 Å². The molecule has 0 radical (unpaired) electrons. The highest BCUT2D eigenvalue weighted by atomic mass is 32.1. The SMILES string of the molecule is N#C/C(=C\c1c(OCc2ccc(F)cc2)ccc2ccccc12)C(=O)Nc1sc2c(c1C#N)CCCC2. The van der Waals surface area contributed by atoms with Crippen molar-refractivity contribution < 1.29 is 13.9 Å². The smallest absolute Gasteiger partial charge is 0.266 e. The Morgan fingerprint density at radius 2 is 1.84 bits per heavy atom. The Labute approximate surface area is 218 Å². The molecule has 37 heavy (non-hydrogen) atoms. The van der Waals surface area contributed by atoms with Crippen LogP contribution in [0.5, 0.6) is 5.75 Å². The number of amides is 1. The Balaban J connectivity index is 1.49. The third-order valence-corrected chi connectivity index (χ3v) is 7.61. The van der Waals surface area contributed by atoms with Crippen molar-refractivity contribution in [2.75, 3.05) is 5.32 Å². The van der Waals surface area contributed by atoms with Gasteiger partial charge >= 0.3 is 0 Å². The molecule has 182 valence electrons. The molecule has 1 aromatic heterocycles. The number of carbonyl (C=O) groups is 1. The first kappa shape index (κ1) is 24.2. The van der Waals surface area contributed by atoms with Crippen molar-refractivity contribution in [2.45, 2.75) is 32.3 Å². The van der Waals surface area contributed by atoms with Crippen molar-refractivity contribution in [3.05, 3.63) is 99.2 Å². The van der Waals surface area contributed by atoms with Gasteiger partial charge in [0.15, 0.2) is 0 Å². The maximum absolute atomic E-state index is 13.3. The Morgan fingerprint density at radius 3 is 2.62 bits per heavy atom. The van der Waals surface area contributed by atoms with Gasteiger partial charge in [-0.05, 0) is 71.9 Å². The summed E-state index contributed by atoms with van der Waals surface area (Å²) in [6.07, 6.45) is 5.34. The minimum Gasteiger partial charge on any atom is -0.488 e. The summed E-state index contributed by atoms with van der Waals surface area (Å²) < 4.78 is 19.3. The molecule has 0 unspecified atom stereocenters. The average Bonchev–Trinajstić information content (AvgIpc) is 3.28. The molecule has 3 aromatic carbocycles. The first-order chi connectivity index (χ1) is 18.1. The Hall–Kier alpha value is -4.46. The van der Waals surface area contributed by atoms with Gasteiger partial charge in [-0.1, -0.05) is 42.5 Å². The number of hydrogen-bond acceptors (Lipinski definition) is 5. The summed E-state index contributed by atoms with van der Waals surface area (Å²) >= 11 is 1.42. The number of halogens is 1. The van der Waals surface area contributed by atoms with E-state index in [0.717, 1.165) is 52.5 Å². The summed E-state index contributed by atoms with van der Waals surface area (Å²) in [6.45, 7) is 0.194. The van der Waals surface area contributed by atoms with E-state index in [-0.39, 0.29) is 18.0 Å². The van der Waals surface area contributed by atoms with Gasteiger partial charge in [-0.15, -0.1) is 11.3 Å². The molecule has 1 aliphatic carbocycles. The molecule has 0 saturated carbocycles. The van der Waals surface area contributed by atoms with Crippen molar-refractivity contribution in [1.82, 2.24) is 0 Å². The molecule has 0 saturated heterocycles. The van der Waals surface area contributed by atoms with Gasteiger partial charge in [-0.25, -0.2) is 4.39 Å². The van der Waals surface area contributed by atoms with E-state index in [2.05, 4.69) is 11.4 Å². The van der Waals surface area contributed by atoms with Crippen molar-refractivity contribution >= 4 is 39.1 Å². The highest BCUT2D eigenvalue weighted by Gasteiger charge is 2.23. The Kier molecular flexibility index (Phi) is 6.98. The first-order valence-corrected chi connectivity index (χ1v) is 12.8. The lowest BCUT2D eigenvalue weighted by Gasteiger charge is -2.13. The number of rotatable bonds is 6. The van der Waals surface area contributed by atoms with Crippen molar-refractivity contribution in [2.24, 2.45) is 0 Å². The number of benzene rings is 3. The standard InChI is InChI=1S/C30H22FN3O2S/c31-22-12-9-19(10-13-22)18-36-27-14-11-20-5-1-2-6-23(20)25(27)15-21(16-32)29(35)34-30-26(17-33)24-7-3-4-8-28(24)37-30/h1-2,5-6,9-15H,3-4,7-8,18H2,(H,34,35)/b21-15+. The normalized spacial score (nSPS) is 12.9. The third-order valence-electron chi connectivity index (χ3n) is 6.40. The Morgan fingerprint density at radius 1 is 1.05 bits per heavy atom. The lowest BCUT2D eigenvalue weighted by atomic mass is 9.96. The molecule has 0 spiro atoms. The van der Waals surface area contributed by atoms with Gasteiger partial charge in [0.1, 0.15) is 40.9 Å². The third kappa shape index (κ3) is 5.09. The molecule has 1 aliphatic rings. The highest BCUT2D eigenvalue weighted by molar-refractivity contribution is 7.16. The van der Waals surface area contributed by atoms with Crippen LogP contribution in [0, 0.1) is 28.5 Å². The molecular weight excluding hydrogens is 485 g/mol. The predicted molar refractivity (Wildman–Crippen MR) is 143 cm³/mol. The van der Waals surface area contributed by atoms with Gasteiger partial charge in [-0.2, -0.15) is 10.5 Å². The van der Waals surface area contributed by atoms with E-state index >= 15 is 0 Å². The van der Waals surface area contributed by atoms with Crippen LogP contribution in [0.15, 0.2) is 66.2 Å². The maximum atomic E-state index is 13.3. The molecule has 1 heterocycles. The second kappa shape index (κ2) is 10.7. The molecular formula is C30H22FN3O2S. The fraction of sp³-hybridized carbons (Fsp3) is 0.167. The van der Waals surface area contributed by atoms with Gasteiger partial charge in [0.25, 0.3) is 5.91 Å². The topological polar surface area (TPSA) is 85.9 Å². The number of thiophene rings is 1. The van der Waals surface area contributed by atoms with E-state index in [1.807, 2.05) is 36.4 Å². The summed E-state index contributed by atoms with van der Waals surface area (Å²) in [5, 5.41) is 24.7. The van der Waals surface area contributed by atoms with E-state index in [1.165, 1.54) is 29.5 Å². The van der Waals surface area contributed by atoms with Crippen molar-refractivity contribution in [3.63, 3.8) is 0 Å². The van der Waals surface area contributed by atoms with Crippen LogP contribution < -0.4 is 10.1 Å². The van der Waals surface area contributed by atoms with E-state index < -0.39 is 5.91 Å². The number of anilines is 1. The molecule has 1 amide bonds. The number of nitriles is 2. The van der Waals surface area contributed by atoms with Crippen LogP contribution in [-0.4, -0.2) is 5.91 Å². The number of nitrogens with zero attached hydrogens (tertiary/aromatic N) is 2. The molecule has 5 rings (SSSR count). The number of fused-ring (bicyclic) bond motifs is 2. The zero-order chi connectivity index (χ0) is 25.8. The van der Waals surface area contributed by atoms with Crippen LogP contribution in [-0.2, 0) is 24.2 Å². The molecule has 1 N–H and O–H groups in total. The fourth-order valence-electron chi connectivity index (χ4n) is 4.53. The maximum Gasteiger partial charge on any atom is 0.266 e. The fourth-order valence-corrected chi connectivity index (χ4v) is 5.76. The molecule has 0 aliphatic heterocycles. The van der Waals surface area contributed by atoms with Crippen LogP contribution in [0.25, 0.3) is 16.8 Å². The second-order valence-electron chi connectivity index (χ2n) is 8.76. The van der Waals surface area contributed by atoms with Gasteiger partial charge in [0, 0.05) is 10.4 Å². The minimum absolute atomic E-state index is 0.0988. The largest absolute Gasteiger partial charge is 0.488 e. The van der Waals surface area contributed by atoms with E-state index in [0.29, 0.717) is 21.9 Å². The quantitative estimate of drug-likeness (QED) is 0.227. The average molecular weight is 508 g/mol. The number of hydrogen-bond donors (Lipinski definition) is 1. The Bertz CT molecular complexity index is 1610. The van der Waals surface area contributed by atoms with Gasteiger partial charge < -0.3 is 10.1 Å². The summed E-state index contributed by atoms with van der Waals surface area (Å²) in [5.74, 6) is -0.406. The molecule has 0 bridgehead atoms. The number of aryl methyl sites for hydroxylation is 1. The summed E-state index contributed by atoms with van der Waals surface area (Å²) in [7, 11) is 0. The zero-order valence-electron chi connectivity index (χ0n) is 19.9. The monoisotopic (exact) mass is 507 g/mol. The highest BCUT2D eigenvalue weighted by Crippen LogP contribution is 2.38.